The first-order chi connectivity index (χ1) is 6.99. The molecule has 3 heteroatoms. The maximum atomic E-state index is 11.6. The molecule has 0 aromatic rings. The van der Waals surface area contributed by atoms with Gasteiger partial charge in [0.05, 0.1) is 0 Å². The van der Waals surface area contributed by atoms with Crippen LogP contribution in [0.3, 0.4) is 0 Å². The molecule has 0 aliphatic rings. The summed E-state index contributed by atoms with van der Waals surface area (Å²) < 4.78 is 0. The van der Waals surface area contributed by atoms with Gasteiger partial charge in [-0.15, -0.1) is 0 Å². The van der Waals surface area contributed by atoms with E-state index in [4.69, 9.17) is 5.73 Å². The Hall–Kier alpha value is -0.570. The summed E-state index contributed by atoms with van der Waals surface area (Å²) in [7, 11) is 0. The summed E-state index contributed by atoms with van der Waals surface area (Å²) in [6.07, 6.45) is 0.823. The molecule has 1 unspecified atom stereocenters. The van der Waals surface area contributed by atoms with Crippen LogP contribution in [0.2, 0.25) is 0 Å². The SMILES string of the molecule is CCN(C(C)=O)C(CC(C)(C)N)C(C)(C)C. The Morgan fingerprint density at radius 2 is 1.69 bits per heavy atom. The van der Waals surface area contributed by atoms with Crippen molar-refractivity contribution >= 4 is 5.91 Å². The number of hydrogen-bond acceptors (Lipinski definition) is 2. The third-order valence-electron chi connectivity index (χ3n) is 2.84. The third-order valence-corrected chi connectivity index (χ3v) is 2.84. The normalized spacial score (nSPS) is 14.8. The Kier molecular flexibility index (Phi) is 4.99. The summed E-state index contributed by atoms with van der Waals surface area (Å²) in [4.78, 5) is 13.6. The van der Waals surface area contributed by atoms with Crippen LogP contribution in [0.1, 0.15) is 54.9 Å². The van der Waals surface area contributed by atoms with E-state index in [0.29, 0.717) is 0 Å². The number of rotatable bonds is 4. The molecule has 16 heavy (non-hydrogen) atoms. The Morgan fingerprint density at radius 1 is 1.25 bits per heavy atom. The lowest BCUT2D eigenvalue weighted by molar-refractivity contribution is -0.133. The van der Waals surface area contributed by atoms with E-state index >= 15 is 0 Å². The van der Waals surface area contributed by atoms with Gasteiger partial charge in [-0.25, -0.2) is 0 Å². The fourth-order valence-electron chi connectivity index (χ4n) is 2.04. The highest BCUT2D eigenvalue weighted by molar-refractivity contribution is 5.73. The second-order valence-corrected chi connectivity index (χ2v) is 6.38. The van der Waals surface area contributed by atoms with Crippen molar-refractivity contribution in [3.05, 3.63) is 0 Å². The van der Waals surface area contributed by atoms with Crippen LogP contribution in [0.25, 0.3) is 0 Å². The van der Waals surface area contributed by atoms with Crippen molar-refractivity contribution in [1.82, 2.24) is 4.90 Å². The number of nitrogens with zero attached hydrogens (tertiary/aromatic N) is 1. The van der Waals surface area contributed by atoms with E-state index < -0.39 is 0 Å². The van der Waals surface area contributed by atoms with Crippen LogP contribution in [-0.4, -0.2) is 28.9 Å². The molecule has 0 bridgehead atoms. The summed E-state index contributed by atoms with van der Waals surface area (Å²) in [5, 5.41) is 0. The van der Waals surface area contributed by atoms with Crippen molar-refractivity contribution in [3.8, 4) is 0 Å². The number of carbonyl (C=O) groups is 1. The number of amides is 1. The zero-order chi connectivity index (χ0) is 13.1. The van der Waals surface area contributed by atoms with Gasteiger partial charge in [0.25, 0.3) is 0 Å². The molecule has 0 heterocycles. The molecular weight excluding hydrogens is 200 g/mol. The molecule has 3 nitrogen and oxygen atoms in total. The van der Waals surface area contributed by atoms with Crippen LogP contribution in [0.4, 0.5) is 0 Å². The van der Waals surface area contributed by atoms with Gasteiger partial charge in [-0.2, -0.15) is 0 Å². The molecule has 0 aromatic heterocycles. The molecule has 0 spiro atoms. The van der Waals surface area contributed by atoms with E-state index in [1.165, 1.54) is 0 Å². The molecule has 0 radical (unpaired) electrons. The lowest BCUT2D eigenvalue weighted by Crippen LogP contribution is -2.51. The Bertz CT molecular complexity index is 235. The van der Waals surface area contributed by atoms with Crippen LogP contribution in [0, 0.1) is 5.41 Å². The van der Waals surface area contributed by atoms with Crippen molar-refractivity contribution in [2.75, 3.05) is 6.54 Å². The van der Waals surface area contributed by atoms with Crippen molar-refractivity contribution in [1.29, 1.82) is 0 Å². The highest BCUT2D eigenvalue weighted by atomic mass is 16.2. The lowest BCUT2D eigenvalue weighted by Gasteiger charge is -2.42. The first-order valence-corrected chi connectivity index (χ1v) is 6.05. The minimum Gasteiger partial charge on any atom is -0.340 e. The van der Waals surface area contributed by atoms with Crippen LogP contribution in [0.5, 0.6) is 0 Å². The first kappa shape index (κ1) is 15.4. The zero-order valence-corrected chi connectivity index (χ0v) is 11.9. The van der Waals surface area contributed by atoms with Gasteiger partial charge < -0.3 is 10.6 Å². The van der Waals surface area contributed by atoms with Gasteiger partial charge in [0.2, 0.25) is 5.91 Å². The molecule has 2 N–H and O–H groups in total. The first-order valence-electron chi connectivity index (χ1n) is 6.05. The largest absolute Gasteiger partial charge is 0.340 e. The third kappa shape index (κ3) is 4.97. The van der Waals surface area contributed by atoms with Gasteiger partial charge in [0.1, 0.15) is 0 Å². The number of hydrogen-bond donors (Lipinski definition) is 1. The molecule has 0 aromatic carbocycles. The Labute approximate surface area is 100 Å². The van der Waals surface area contributed by atoms with Gasteiger partial charge in [-0.05, 0) is 32.6 Å². The van der Waals surface area contributed by atoms with E-state index in [1.807, 2.05) is 25.7 Å². The molecular formula is C13H28N2O. The topological polar surface area (TPSA) is 46.3 Å². The van der Waals surface area contributed by atoms with E-state index in [0.717, 1.165) is 13.0 Å². The predicted molar refractivity (Wildman–Crippen MR) is 69.2 cm³/mol. The molecule has 0 aliphatic heterocycles. The average molecular weight is 228 g/mol. The van der Waals surface area contributed by atoms with Gasteiger partial charge >= 0.3 is 0 Å². The number of nitrogens with two attached hydrogens (primary N) is 1. The Morgan fingerprint density at radius 3 is 1.88 bits per heavy atom. The van der Waals surface area contributed by atoms with E-state index in [9.17, 15) is 4.79 Å². The van der Waals surface area contributed by atoms with E-state index in [1.54, 1.807) is 6.92 Å². The second kappa shape index (κ2) is 5.17. The van der Waals surface area contributed by atoms with Crippen molar-refractivity contribution in [2.24, 2.45) is 11.1 Å². The predicted octanol–water partition coefficient (Wildman–Crippen LogP) is 2.40. The van der Waals surface area contributed by atoms with Crippen LogP contribution in [0.15, 0.2) is 0 Å². The van der Waals surface area contributed by atoms with Crippen molar-refractivity contribution in [3.63, 3.8) is 0 Å². The Balaban J connectivity index is 5.01. The van der Waals surface area contributed by atoms with Crippen LogP contribution < -0.4 is 5.73 Å². The monoisotopic (exact) mass is 228 g/mol. The highest BCUT2D eigenvalue weighted by Crippen LogP contribution is 2.30. The smallest absolute Gasteiger partial charge is 0.219 e. The fraction of sp³-hybridized carbons (Fsp3) is 0.923. The second-order valence-electron chi connectivity index (χ2n) is 6.38. The summed E-state index contributed by atoms with van der Waals surface area (Å²) in [5.74, 6) is 0.131. The summed E-state index contributed by atoms with van der Waals surface area (Å²) in [5.41, 5.74) is 5.89. The standard InChI is InChI=1S/C13H28N2O/c1-8-15(10(2)16)11(12(3,4)5)9-13(6,7)14/h11H,8-9,14H2,1-7H3. The van der Waals surface area contributed by atoms with Gasteiger partial charge in [-0.3, -0.25) is 4.79 Å². The summed E-state index contributed by atoms with van der Waals surface area (Å²) in [6.45, 7) is 14.9. The van der Waals surface area contributed by atoms with E-state index in [2.05, 4.69) is 20.8 Å². The average Bonchev–Trinajstić information content (AvgIpc) is 1.99. The highest BCUT2D eigenvalue weighted by Gasteiger charge is 2.34. The zero-order valence-electron chi connectivity index (χ0n) is 11.9. The molecule has 1 amide bonds. The molecule has 0 fully saturated rings. The maximum Gasteiger partial charge on any atom is 0.219 e. The van der Waals surface area contributed by atoms with Gasteiger partial charge in [-0.1, -0.05) is 20.8 Å². The number of carbonyl (C=O) groups excluding carboxylic acids is 1. The molecule has 0 aliphatic carbocycles. The van der Waals surface area contributed by atoms with Gasteiger partial charge in [0.15, 0.2) is 0 Å². The lowest BCUT2D eigenvalue weighted by atomic mass is 9.79. The minimum absolute atomic E-state index is 0.0539. The van der Waals surface area contributed by atoms with Crippen LogP contribution in [-0.2, 0) is 4.79 Å². The van der Waals surface area contributed by atoms with Crippen molar-refractivity contribution < 1.29 is 4.79 Å². The quantitative estimate of drug-likeness (QED) is 0.803. The summed E-state index contributed by atoms with van der Waals surface area (Å²) >= 11 is 0. The molecule has 1 atom stereocenters. The molecule has 0 rings (SSSR count). The maximum absolute atomic E-state index is 11.6. The van der Waals surface area contributed by atoms with E-state index in [-0.39, 0.29) is 22.9 Å². The fourth-order valence-corrected chi connectivity index (χ4v) is 2.04. The summed E-state index contributed by atoms with van der Waals surface area (Å²) in [6, 6.07) is 0.190. The molecule has 0 saturated heterocycles. The van der Waals surface area contributed by atoms with Crippen molar-refractivity contribution in [2.45, 2.75) is 66.5 Å². The minimum atomic E-state index is -0.249. The van der Waals surface area contributed by atoms with Crippen LogP contribution >= 0.6 is 0 Å². The van der Waals surface area contributed by atoms with Gasteiger partial charge in [0, 0.05) is 25.0 Å². The molecule has 96 valence electrons. The molecule has 0 saturated carbocycles.